The van der Waals surface area contributed by atoms with Gasteiger partial charge in [0.25, 0.3) is 0 Å². The first-order valence-electron chi connectivity index (χ1n) is 6.11. The molecule has 0 saturated carbocycles. The lowest BCUT2D eigenvalue weighted by atomic mass is 10.0. The molecule has 3 heteroatoms. The molecule has 3 atom stereocenters. The minimum absolute atomic E-state index is 0.697. The normalized spacial score (nSPS) is 27.2. The third-order valence-corrected chi connectivity index (χ3v) is 3.85. The summed E-state index contributed by atoms with van der Waals surface area (Å²) in [5.74, 6) is 0.732. The third kappa shape index (κ3) is 3.44. The Morgan fingerprint density at radius 3 is 2.53 bits per heavy atom. The van der Waals surface area contributed by atoms with Gasteiger partial charge >= 0.3 is 0 Å². The van der Waals surface area contributed by atoms with Crippen LogP contribution in [0.5, 0.6) is 0 Å². The minimum Gasteiger partial charge on any atom is -0.319 e. The van der Waals surface area contributed by atoms with Crippen molar-refractivity contribution in [3.05, 3.63) is 0 Å². The summed E-state index contributed by atoms with van der Waals surface area (Å²) >= 11 is 0. The molecule has 1 N–H and O–H groups in total. The van der Waals surface area contributed by atoms with Crippen LogP contribution in [0.3, 0.4) is 0 Å². The van der Waals surface area contributed by atoms with E-state index in [1.54, 1.807) is 0 Å². The van der Waals surface area contributed by atoms with Crippen LogP contribution in [0.15, 0.2) is 0 Å². The molecule has 3 unspecified atom stereocenters. The fraction of sp³-hybridized carbons (Fsp3) is 1.00. The Labute approximate surface area is 94.8 Å². The lowest BCUT2D eigenvalue weighted by molar-refractivity contribution is 0.180. The van der Waals surface area contributed by atoms with Crippen LogP contribution in [0.25, 0.3) is 0 Å². The molecule has 3 nitrogen and oxygen atoms in total. The molecule has 0 bridgehead atoms. The Morgan fingerprint density at radius 2 is 2.07 bits per heavy atom. The smallest absolute Gasteiger partial charge is 0.0229 e. The van der Waals surface area contributed by atoms with Crippen molar-refractivity contribution in [2.24, 2.45) is 5.92 Å². The number of rotatable bonds is 5. The van der Waals surface area contributed by atoms with Gasteiger partial charge in [-0.15, -0.1) is 0 Å². The first-order chi connectivity index (χ1) is 7.06. The second kappa shape index (κ2) is 5.83. The summed E-state index contributed by atoms with van der Waals surface area (Å²) < 4.78 is 0. The van der Waals surface area contributed by atoms with Gasteiger partial charge in [0.05, 0.1) is 0 Å². The summed E-state index contributed by atoms with van der Waals surface area (Å²) in [5.41, 5.74) is 0. The molecule has 0 aliphatic carbocycles. The number of likely N-dealkylation sites (N-methyl/N-ethyl adjacent to an activating group) is 1. The topological polar surface area (TPSA) is 18.5 Å². The molecule has 15 heavy (non-hydrogen) atoms. The van der Waals surface area contributed by atoms with Crippen molar-refractivity contribution in [3.8, 4) is 0 Å². The van der Waals surface area contributed by atoms with Crippen molar-refractivity contribution < 1.29 is 0 Å². The maximum Gasteiger partial charge on any atom is 0.0229 e. The molecular weight excluding hydrogens is 186 g/mol. The highest BCUT2D eigenvalue weighted by Crippen LogP contribution is 2.19. The van der Waals surface area contributed by atoms with E-state index in [9.17, 15) is 0 Å². The minimum atomic E-state index is 0.697. The summed E-state index contributed by atoms with van der Waals surface area (Å²) in [6.45, 7) is 8.31. The van der Waals surface area contributed by atoms with Crippen LogP contribution < -0.4 is 5.32 Å². The summed E-state index contributed by atoms with van der Waals surface area (Å²) in [4.78, 5) is 4.99. The maximum absolute atomic E-state index is 3.27. The summed E-state index contributed by atoms with van der Waals surface area (Å²) in [5, 5.41) is 3.27. The first kappa shape index (κ1) is 12.9. The van der Waals surface area contributed by atoms with Gasteiger partial charge in [0.1, 0.15) is 0 Å². The zero-order valence-corrected chi connectivity index (χ0v) is 11.0. The Hall–Kier alpha value is -0.120. The number of hydrogen-bond donors (Lipinski definition) is 1. The lowest BCUT2D eigenvalue weighted by Gasteiger charge is -2.30. The van der Waals surface area contributed by atoms with E-state index in [0.29, 0.717) is 6.04 Å². The number of nitrogens with one attached hydrogen (secondary N) is 1. The van der Waals surface area contributed by atoms with Crippen LogP contribution in [-0.2, 0) is 0 Å². The van der Waals surface area contributed by atoms with E-state index in [4.69, 9.17) is 0 Å². The molecule has 1 rings (SSSR count). The van der Waals surface area contributed by atoms with Crippen molar-refractivity contribution >= 4 is 0 Å². The first-order valence-corrected chi connectivity index (χ1v) is 6.11. The van der Waals surface area contributed by atoms with Crippen LogP contribution in [0.4, 0.5) is 0 Å². The monoisotopic (exact) mass is 213 g/mol. The molecule has 0 amide bonds. The van der Waals surface area contributed by atoms with Gasteiger partial charge in [-0.25, -0.2) is 0 Å². The van der Waals surface area contributed by atoms with Crippen molar-refractivity contribution in [1.29, 1.82) is 0 Å². The highest BCUT2D eigenvalue weighted by Gasteiger charge is 2.29. The lowest BCUT2D eigenvalue weighted by Crippen LogP contribution is -2.41. The van der Waals surface area contributed by atoms with Gasteiger partial charge in [0, 0.05) is 25.2 Å². The van der Waals surface area contributed by atoms with E-state index in [1.165, 1.54) is 19.5 Å². The number of nitrogens with zero attached hydrogens (tertiary/aromatic N) is 2. The molecule has 1 aliphatic rings. The van der Waals surface area contributed by atoms with Crippen LogP contribution in [0.2, 0.25) is 0 Å². The third-order valence-electron chi connectivity index (χ3n) is 3.85. The predicted octanol–water partition coefficient (Wildman–Crippen LogP) is 0.866. The average molecular weight is 213 g/mol. The Balaban J connectivity index is 2.39. The summed E-state index contributed by atoms with van der Waals surface area (Å²) in [6.07, 6.45) is 1.32. The Kier molecular flexibility index (Phi) is 5.03. The molecular formula is C12H27N3. The highest BCUT2D eigenvalue weighted by molar-refractivity contribution is 4.85. The van der Waals surface area contributed by atoms with E-state index in [-0.39, 0.29) is 0 Å². The molecule has 1 fully saturated rings. The Morgan fingerprint density at radius 1 is 1.40 bits per heavy atom. The molecule has 1 saturated heterocycles. The molecule has 1 aliphatic heterocycles. The maximum atomic E-state index is 3.27. The number of hydrogen-bond acceptors (Lipinski definition) is 3. The highest BCUT2D eigenvalue weighted by atomic mass is 15.2. The molecule has 90 valence electrons. The fourth-order valence-corrected chi connectivity index (χ4v) is 2.41. The van der Waals surface area contributed by atoms with E-state index in [1.807, 2.05) is 7.05 Å². The van der Waals surface area contributed by atoms with Crippen LogP contribution in [0, 0.1) is 5.92 Å². The Bertz CT molecular complexity index is 182. The SMILES string of the molecule is CNCC(C)C(C)N1CCC(N(C)C)C1. The second-order valence-electron chi connectivity index (χ2n) is 5.18. The van der Waals surface area contributed by atoms with Crippen LogP contribution >= 0.6 is 0 Å². The zero-order valence-electron chi connectivity index (χ0n) is 11.0. The van der Waals surface area contributed by atoms with Crippen LogP contribution in [0.1, 0.15) is 20.3 Å². The molecule has 0 aromatic rings. The van der Waals surface area contributed by atoms with Gasteiger partial charge in [-0.05, 0) is 47.0 Å². The van der Waals surface area contributed by atoms with Crippen molar-refractivity contribution in [2.45, 2.75) is 32.4 Å². The largest absolute Gasteiger partial charge is 0.319 e. The molecule has 0 aromatic carbocycles. The van der Waals surface area contributed by atoms with Gasteiger partial charge in [0.15, 0.2) is 0 Å². The molecule has 0 spiro atoms. The van der Waals surface area contributed by atoms with E-state index < -0.39 is 0 Å². The van der Waals surface area contributed by atoms with Gasteiger partial charge in [0.2, 0.25) is 0 Å². The number of likely N-dealkylation sites (tertiary alicyclic amines) is 1. The molecule has 0 aromatic heterocycles. The van der Waals surface area contributed by atoms with Gasteiger partial charge in [-0.3, -0.25) is 4.90 Å². The fourth-order valence-electron chi connectivity index (χ4n) is 2.41. The standard InChI is InChI=1S/C12H27N3/c1-10(8-13-3)11(2)15-7-6-12(9-15)14(4)5/h10-13H,6-9H2,1-5H3. The van der Waals surface area contributed by atoms with Gasteiger partial charge in [-0.1, -0.05) is 6.92 Å². The quantitative estimate of drug-likeness (QED) is 0.731. The average Bonchev–Trinajstić information content (AvgIpc) is 2.65. The van der Waals surface area contributed by atoms with Crippen molar-refractivity contribution in [2.75, 3.05) is 40.8 Å². The zero-order chi connectivity index (χ0) is 11.4. The van der Waals surface area contributed by atoms with E-state index >= 15 is 0 Å². The molecule has 0 radical (unpaired) electrons. The van der Waals surface area contributed by atoms with Gasteiger partial charge < -0.3 is 10.2 Å². The van der Waals surface area contributed by atoms with E-state index in [0.717, 1.165) is 18.5 Å². The van der Waals surface area contributed by atoms with Crippen molar-refractivity contribution in [1.82, 2.24) is 15.1 Å². The predicted molar refractivity (Wildman–Crippen MR) is 66.2 cm³/mol. The van der Waals surface area contributed by atoms with Gasteiger partial charge in [-0.2, -0.15) is 0 Å². The summed E-state index contributed by atoms with van der Waals surface area (Å²) in [6, 6.07) is 1.46. The second-order valence-corrected chi connectivity index (χ2v) is 5.18. The van der Waals surface area contributed by atoms with Crippen LogP contribution in [-0.4, -0.2) is 62.7 Å². The summed E-state index contributed by atoms with van der Waals surface area (Å²) in [7, 11) is 6.42. The van der Waals surface area contributed by atoms with E-state index in [2.05, 4.69) is 43.1 Å². The molecule has 1 heterocycles. The van der Waals surface area contributed by atoms with Crippen molar-refractivity contribution in [3.63, 3.8) is 0 Å².